The van der Waals surface area contributed by atoms with Crippen molar-refractivity contribution in [3.05, 3.63) is 47.8 Å². The maximum atomic E-state index is 14.2. The molecule has 0 unspecified atom stereocenters. The van der Waals surface area contributed by atoms with Crippen molar-refractivity contribution in [2.24, 2.45) is 0 Å². The fourth-order valence-electron chi connectivity index (χ4n) is 2.31. The summed E-state index contributed by atoms with van der Waals surface area (Å²) < 4.78 is 30.2. The number of ether oxygens (including phenoxy) is 3. The number of carbonyl (C=O) groups excluding carboxylic acids is 1. The summed E-state index contributed by atoms with van der Waals surface area (Å²) in [6.45, 7) is 5.15. The quantitative estimate of drug-likeness (QED) is 0.677. The largest absolute Gasteiger partial charge is 0.491 e. The zero-order valence-electron chi connectivity index (χ0n) is 15.8. The molecule has 0 aromatic heterocycles. The number of rotatable bonds is 9. The Hall–Kier alpha value is -3.29. The fraction of sp³-hybridized carbons (Fsp3) is 0.300. The van der Waals surface area contributed by atoms with E-state index in [0.717, 1.165) is 0 Å². The first kappa shape index (κ1) is 21.0. The molecule has 2 aromatic rings. The molecule has 0 aliphatic heterocycles. The Balaban J connectivity index is 2.17. The lowest BCUT2D eigenvalue weighted by Crippen LogP contribution is -2.14. The van der Waals surface area contributed by atoms with Crippen molar-refractivity contribution in [3.63, 3.8) is 0 Å². The van der Waals surface area contributed by atoms with Crippen LogP contribution in [0.25, 0.3) is 0 Å². The average Bonchev–Trinajstić information content (AvgIpc) is 2.62. The zero-order valence-corrected chi connectivity index (χ0v) is 15.8. The van der Waals surface area contributed by atoms with Crippen molar-refractivity contribution in [3.8, 4) is 17.2 Å². The number of carbonyl (C=O) groups is 2. The first-order chi connectivity index (χ1) is 13.3. The number of nitrogens with one attached hydrogen (secondary N) is 1. The normalized spacial score (nSPS) is 10.5. The number of carboxylic acids is 1. The summed E-state index contributed by atoms with van der Waals surface area (Å²) in [4.78, 5) is 23.1. The number of hydrogen-bond acceptors (Lipinski definition) is 5. The topological polar surface area (TPSA) is 94.1 Å². The maximum absolute atomic E-state index is 14.2. The Labute approximate surface area is 162 Å². The molecule has 0 fully saturated rings. The number of amides is 1. The van der Waals surface area contributed by atoms with Crippen molar-refractivity contribution in [2.45, 2.75) is 26.9 Å². The van der Waals surface area contributed by atoms with Crippen LogP contribution < -0.4 is 19.5 Å². The molecule has 2 N–H and O–H groups in total. The van der Waals surface area contributed by atoms with Gasteiger partial charge in [0.1, 0.15) is 11.6 Å². The molecule has 8 heteroatoms. The van der Waals surface area contributed by atoms with E-state index in [4.69, 9.17) is 19.3 Å². The minimum atomic E-state index is -1.13. The number of aliphatic carboxylic acids is 1. The van der Waals surface area contributed by atoms with Crippen molar-refractivity contribution < 1.29 is 33.3 Å². The fourth-order valence-corrected chi connectivity index (χ4v) is 2.31. The first-order valence-electron chi connectivity index (χ1n) is 8.69. The highest BCUT2D eigenvalue weighted by Crippen LogP contribution is 2.29. The minimum Gasteiger partial charge on any atom is -0.491 e. The molecule has 0 saturated heterocycles. The molecule has 7 nitrogen and oxygen atoms in total. The van der Waals surface area contributed by atoms with E-state index in [1.807, 2.05) is 13.8 Å². The Kier molecular flexibility index (Phi) is 7.20. The highest BCUT2D eigenvalue weighted by Gasteiger charge is 2.15. The molecular formula is C20H22FNO6. The van der Waals surface area contributed by atoms with E-state index in [0.29, 0.717) is 12.4 Å². The highest BCUT2D eigenvalue weighted by molar-refractivity contribution is 6.04. The molecule has 2 rings (SSSR count). The van der Waals surface area contributed by atoms with Gasteiger partial charge in [-0.1, -0.05) is 0 Å². The second kappa shape index (κ2) is 9.59. The molecule has 0 heterocycles. The number of carboxylic acid groups (broad SMARTS) is 1. The third-order valence-electron chi connectivity index (χ3n) is 3.42. The second-order valence-corrected chi connectivity index (χ2v) is 6.04. The minimum absolute atomic E-state index is 0.00488. The van der Waals surface area contributed by atoms with E-state index in [2.05, 4.69) is 5.32 Å². The lowest BCUT2D eigenvalue weighted by Gasteiger charge is -2.13. The average molecular weight is 391 g/mol. The Bertz CT molecular complexity index is 853. The van der Waals surface area contributed by atoms with Crippen LogP contribution in [0.2, 0.25) is 0 Å². The van der Waals surface area contributed by atoms with Gasteiger partial charge in [-0.3, -0.25) is 4.79 Å². The third kappa shape index (κ3) is 5.87. The van der Waals surface area contributed by atoms with Gasteiger partial charge in [-0.15, -0.1) is 0 Å². The van der Waals surface area contributed by atoms with Crippen molar-refractivity contribution in [2.75, 3.05) is 18.5 Å². The van der Waals surface area contributed by atoms with Gasteiger partial charge < -0.3 is 24.6 Å². The maximum Gasteiger partial charge on any atom is 0.341 e. The summed E-state index contributed by atoms with van der Waals surface area (Å²) in [5.41, 5.74) is 0.207. The smallest absolute Gasteiger partial charge is 0.341 e. The van der Waals surface area contributed by atoms with Gasteiger partial charge in [0.25, 0.3) is 5.91 Å². The van der Waals surface area contributed by atoms with E-state index in [1.165, 1.54) is 30.3 Å². The Morgan fingerprint density at radius 1 is 1.11 bits per heavy atom. The van der Waals surface area contributed by atoms with Crippen LogP contribution in [0.4, 0.5) is 10.1 Å². The van der Waals surface area contributed by atoms with Gasteiger partial charge in [0.2, 0.25) is 0 Å². The van der Waals surface area contributed by atoms with Crippen LogP contribution in [-0.2, 0) is 4.79 Å². The summed E-state index contributed by atoms with van der Waals surface area (Å²) in [5.74, 6) is -1.53. The van der Waals surface area contributed by atoms with Crippen LogP contribution in [0.15, 0.2) is 36.4 Å². The van der Waals surface area contributed by atoms with Gasteiger partial charge in [0, 0.05) is 11.6 Å². The van der Waals surface area contributed by atoms with E-state index in [-0.39, 0.29) is 28.9 Å². The number of halogens is 1. The molecule has 0 bridgehead atoms. The molecule has 0 saturated carbocycles. The lowest BCUT2D eigenvalue weighted by molar-refractivity contribution is -0.139. The molecule has 0 aliphatic carbocycles. The number of anilines is 1. The number of hydrogen-bond donors (Lipinski definition) is 2. The van der Waals surface area contributed by atoms with Crippen LogP contribution in [0.5, 0.6) is 17.2 Å². The van der Waals surface area contributed by atoms with E-state index >= 15 is 0 Å². The SMILES string of the molecule is CCOc1cc(C(=O)Nc2ccc(OC(C)C)cc2F)ccc1OCC(=O)O. The van der Waals surface area contributed by atoms with Crippen LogP contribution in [0, 0.1) is 5.82 Å². The van der Waals surface area contributed by atoms with Gasteiger partial charge in [-0.2, -0.15) is 0 Å². The highest BCUT2D eigenvalue weighted by atomic mass is 19.1. The molecule has 1 amide bonds. The van der Waals surface area contributed by atoms with Gasteiger partial charge in [-0.05, 0) is 51.1 Å². The number of benzene rings is 2. The van der Waals surface area contributed by atoms with Gasteiger partial charge in [0.05, 0.1) is 18.4 Å². The van der Waals surface area contributed by atoms with E-state index in [1.54, 1.807) is 13.0 Å². The van der Waals surface area contributed by atoms with Gasteiger partial charge >= 0.3 is 5.97 Å². The van der Waals surface area contributed by atoms with Crippen molar-refractivity contribution in [1.82, 2.24) is 0 Å². The van der Waals surface area contributed by atoms with Crippen LogP contribution in [0.3, 0.4) is 0 Å². The third-order valence-corrected chi connectivity index (χ3v) is 3.42. The summed E-state index contributed by atoms with van der Waals surface area (Å²) in [6.07, 6.45) is -0.0984. The molecule has 0 aliphatic rings. The lowest BCUT2D eigenvalue weighted by atomic mass is 10.1. The monoisotopic (exact) mass is 391 g/mol. The molecule has 150 valence electrons. The first-order valence-corrected chi connectivity index (χ1v) is 8.69. The summed E-state index contributed by atoms with van der Waals surface area (Å²) in [6, 6.07) is 8.45. The summed E-state index contributed by atoms with van der Waals surface area (Å²) >= 11 is 0. The standard InChI is InChI=1S/C20H22FNO6/c1-4-26-18-9-13(5-8-17(18)27-11-19(23)24)20(25)22-16-7-6-14(10-15(16)21)28-12(2)3/h5-10,12H,4,11H2,1-3H3,(H,22,25)(H,23,24). The van der Waals surface area contributed by atoms with Gasteiger partial charge in [-0.25, -0.2) is 9.18 Å². The molecule has 0 radical (unpaired) electrons. The molecule has 0 atom stereocenters. The summed E-state index contributed by atoms with van der Waals surface area (Å²) in [7, 11) is 0. The van der Waals surface area contributed by atoms with Crippen molar-refractivity contribution >= 4 is 17.6 Å². The summed E-state index contributed by atoms with van der Waals surface area (Å²) in [5, 5.41) is 11.2. The second-order valence-electron chi connectivity index (χ2n) is 6.04. The predicted octanol–water partition coefficient (Wildman–Crippen LogP) is 3.73. The Morgan fingerprint density at radius 2 is 1.86 bits per heavy atom. The van der Waals surface area contributed by atoms with Crippen LogP contribution in [-0.4, -0.2) is 36.3 Å². The van der Waals surface area contributed by atoms with Gasteiger partial charge in [0.15, 0.2) is 18.1 Å². The van der Waals surface area contributed by atoms with Crippen LogP contribution >= 0.6 is 0 Å². The molecule has 28 heavy (non-hydrogen) atoms. The molecule has 2 aromatic carbocycles. The molecule has 0 spiro atoms. The predicted molar refractivity (Wildman–Crippen MR) is 101 cm³/mol. The van der Waals surface area contributed by atoms with E-state index < -0.39 is 24.3 Å². The zero-order chi connectivity index (χ0) is 20.7. The Morgan fingerprint density at radius 3 is 2.46 bits per heavy atom. The van der Waals surface area contributed by atoms with Crippen molar-refractivity contribution in [1.29, 1.82) is 0 Å². The van der Waals surface area contributed by atoms with Crippen LogP contribution in [0.1, 0.15) is 31.1 Å². The van der Waals surface area contributed by atoms with E-state index in [9.17, 15) is 14.0 Å². The molecular weight excluding hydrogens is 369 g/mol.